The molecule has 0 atom stereocenters. The second kappa shape index (κ2) is 4.55. The molecule has 0 aliphatic carbocycles. The molecule has 0 aliphatic heterocycles. The van der Waals surface area contributed by atoms with Crippen LogP contribution in [0.4, 0.5) is 10.1 Å². The number of nitrogens with two attached hydrogens (primary N) is 1. The summed E-state index contributed by atoms with van der Waals surface area (Å²) in [6.45, 7) is 0. The Morgan fingerprint density at radius 2 is 2.12 bits per heavy atom. The SMILES string of the molecule is COC(=O)c1sc(-c2ccccc2F)cc1N. The molecule has 1 aromatic carbocycles. The topological polar surface area (TPSA) is 52.3 Å². The van der Waals surface area contributed by atoms with E-state index < -0.39 is 5.97 Å². The zero-order valence-electron chi connectivity index (χ0n) is 9.07. The molecule has 0 bridgehead atoms. The van der Waals surface area contributed by atoms with Crippen molar-refractivity contribution in [3.8, 4) is 10.4 Å². The Morgan fingerprint density at radius 3 is 2.76 bits per heavy atom. The van der Waals surface area contributed by atoms with Gasteiger partial charge in [0.25, 0.3) is 0 Å². The Hall–Kier alpha value is -1.88. The van der Waals surface area contributed by atoms with Gasteiger partial charge < -0.3 is 10.5 Å². The van der Waals surface area contributed by atoms with Crippen molar-refractivity contribution in [3.63, 3.8) is 0 Å². The standard InChI is InChI=1S/C12H10FNO2S/c1-16-12(15)11-9(14)6-10(17-11)7-4-2-3-5-8(7)13/h2-6H,14H2,1H3. The average Bonchev–Trinajstić information content (AvgIpc) is 2.71. The van der Waals surface area contributed by atoms with Crippen molar-refractivity contribution in [2.75, 3.05) is 12.8 Å². The number of esters is 1. The van der Waals surface area contributed by atoms with Crippen LogP contribution in [-0.4, -0.2) is 13.1 Å². The molecule has 17 heavy (non-hydrogen) atoms. The van der Waals surface area contributed by atoms with Gasteiger partial charge in [0.1, 0.15) is 10.7 Å². The summed E-state index contributed by atoms with van der Waals surface area (Å²) in [6.07, 6.45) is 0. The van der Waals surface area contributed by atoms with Crippen molar-refractivity contribution >= 4 is 23.0 Å². The lowest BCUT2D eigenvalue weighted by atomic mass is 10.2. The van der Waals surface area contributed by atoms with Crippen molar-refractivity contribution in [1.82, 2.24) is 0 Å². The molecule has 0 aliphatic rings. The minimum Gasteiger partial charge on any atom is -0.465 e. The highest BCUT2D eigenvalue weighted by atomic mass is 32.1. The third kappa shape index (κ3) is 2.14. The number of carbonyl (C=O) groups excluding carboxylic acids is 1. The first-order chi connectivity index (χ1) is 8.13. The molecule has 1 aromatic heterocycles. The number of ether oxygens (including phenoxy) is 1. The minimum atomic E-state index is -0.505. The molecule has 0 saturated heterocycles. The number of nitrogen functional groups attached to an aromatic ring is 1. The normalized spacial score (nSPS) is 10.2. The number of carbonyl (C=O) groups is 1. The quantitative estimate of drug-likeness (QED) is 0.835. The van der Waals surface area contributed by atoms with Crippen LogP contribution in [0.5, 0.6) is 0 Å². The van der Waals surface area contributed by atoms with Gasteiger partial charge >= 0.3 is 5.97 Å². The Bertz CT molecular complexity index is 565. The highest BCUT2D eigenvalue weighted by Crippen LogP contribution is 2.34. The second-order valence-corrected chi connectivity index (χ2v) is 4.42. The molecule has 0 amide bonds. The lowest BCUT2D eigenvalue weighted by Gasteiger charge is -1.98. The summed E-state index contributed by atoms with van der Waals surface area (Å²) in [7, 11) is 1.28. The highest BCUT2D eigenvalue weighted by molar-refractivity contribution is 7.18. The molecular formula is C12H10FNO2S. The summed E-state index contributed by atoms with van der Waals surface area (Å²) in [5, 5.41) is 0. The molecule has 5 heteroatoms. The predicted octanol–water partition coefficient (Wildman–Crippen LogP) is 2.92. The van der Waals surface area contributed by atoms with Gasteiger partial charge in [0.05, 0.1) is 12.8 Å². The smallest absolute Gasteiger partial charge is 0.350 e. The van der Waals surface area contributed by atoms with E-state index >= 15 is 0 Å². The lowest BCUT2D eigenvalue weighted by molar-refractivity contribution is 0.0607. The van der Waals surface area contributed by atoms with Crippen molar-refractivity contribution < 1.29 is 13.9 Å². The summed E-state index contributed by atoms with van der Waals surface area (Å²) in [4.78, 5) is 12.3. The molecule has 2 N–H and O–H groups in total. The fourth-order valence-corrected chi connectivity index (χ4v) is 2.48. The zero-order valence-corrected chi connectivity index (χ0v) is 9.88. The molecule has 0 spiro atoms. The van der Waals surface area contributed by atoms with E-state index in [-0.39, 0.29) is 5.82 Å². The van der Waals surface area contributed by atoms with Crippen LogP contribution in [0.25, 0.3) is 10.4 Å². The monoisotopic (exact) mass is 251 g/mol. The van der Waals surface area contributed by atoms with E-state index in [1.165, 1.54) is 13.2 Å². The minimum absolute atomic E-state index is 0.297. The molecule has 1 heterocycles. The maximum absolute atomic E-state index is 13.5. The molecule has 3 nitrogen and oxygen atoms in total. The molecule has 2 aromatic rings. The Morgan fingerprint density at radius 1 is 1.41 bits per heavy atom. The van der Waals surface area contributed by atoms with Crippen LogP contribution in [0, 0.1) is 5.82 Å². The highest BCUT2D eigenvalue weighted by Gasteiger charge is 2.16. The van der Waals surface area contributed by atoms with Gasteiger partial charge in [0, 0.05) is 10.4 Å². The maximum atomic E-state index is 13.5. The maximum Gasteiger partial charge on any atom is 0.350 e. The molecule has 0 unspecified atom stereocenters. The fourth-order valence-electron chi connectivity index (χ4n) is 1.45. The van der Waals surface area contributed by atoms with E-state index in [2.05, 4.69) is 4.74 Å². The van der Waals surface area contributed by atoms with E-state index in [0.29, 0.717) is 21.0 Å². The number of halogens is 1. The van der Waals surface area contributed by atoms with Gasteiger partial charge in [-0.25, -0.2) is 9.18 Å². The van der Waals surface area contributed by atoms with Gasteiger partial charge in [0.2, 0.25) is 0 Å². The summed E-state index contributed by atoms with van der Waals surface area (Å²) in [5.74, 6) is -0.847. The first-order valence-electron chi connectivity index (χ1n) is 4.86. The van der Waals surface area contributed by atoms with Gasteiger partial charge in [-0.05, 0) is 12.1 Å². The van der Waals surface area contributed by atoms with Crippen LogP contribution in [0.3, 0.4) is 0 Å². The van der Waals surface area contributed by atoms with Gasteiger partial charge in [-0.15, -0.1) is 11.3 Å². The van der Waals surface area contributed by atoms with E-state index in [4.69, 9.17) is 5.73 Å². The van der Waals surface area contributed by atoms with Crippen molar-refractivity contribution in [3.05, 3.63) is 41.0 Å². The Labute approximate surface area is 102 Å². The molecule has 0 fully saturated rings. The molecule has 2 rings (SSSR count). The Balaban J connectivity index is 2.49. The van der Waals surface area contributed by atoms with E-state index in [1.807, 2.05) is 0 Å². The molecular weight excluding hydrogens is 241 g/mol. The van der Waals surface area contributed by atoms with Crippen LogP contribution < -0.4 is 5.73 Å². The van der Waals surface area contributed by atoms with Gasteiger partial charge in [-0.2, -0.15) is 0 Å². The van der Waals surface area contributed by atoms with Crippen molar-refractivity contribution in [1.29, 1.82) is 0 Å². The fraction of sp³-hybridized carbons (Fsp3) is 0.0833. The number of hydrogen-bond donors (Lipinski definition) is 1. The lowest BCUT2D eigenvalue weighted by Crippen LogP contribution is -2.00. The molecule has 0 radical (unpaired) electrons. The largest absolute Gasteiger partial charge is 0.465 e. The van der Waals surface area contributed by atoms with Crippen LogP contribution in [-0.2, 0) is 4.74 Å². The molecule has 0 saturated carbocycles. The van der Waals surface area contributed by atoms with Gasteiger partial charge in [-0.1, -0.05) is 18.2 Å². The van der Waals surface area contributed by atoms with Crippen LogP contribution in [0.1, 0.15) is 9.67 Å². The Kier molecular flexibility index (Phi) is 3.10. The van der Waals surface area contributed by atoms with Crippen LogP contribution in [0.2, 0.25) is 0 Å². The number of rotatable bonds is 2. The number of thiophene rings is 1. The van der Waals surface area contributed by atoms with E-state index in [1.54, 1.807) is 24.3 Å². The summed E-state index contributed by atoms with van der Waals surface area (Å²) >= 11 is 1.12. The van der Waals surface area contributed by atoms with Crippen molar-refractivity contribution in [2.45, 2.75) is 0 Å². The van der Waals surface area contributed by atoms with Gasteiger partial charge in [-0.3, -0.25) is 0 Å². The predicted molar refractivity (Wildman–Crippen MR) is 65.5 cm³/mol. The van der Waals surface area contributed by atoms with Crippen molar-refractivity contribution in [2.24, 2.45) is 0 Å². The second-order valence-electron chi connectivity index (χ2n) is 3.37. The third-order valence-corrected chi connectivity index (χ3v) is 3.44. The average molecular weight is 251 g/mol. The molecule has 88 valence electrons. The first kappa shape index (κ1) is 11.6. The van der Waals surface area contributed by atoms with E-state index in [0.717, 1.165) is 11.3 Å². The van der Waals surface area contributed by atoms with E-state index in [9.17, 15) is 9.18 Å². The number of hydrogen-bond acceptors (Lipinski definition) is 4. The summed E-state index contributed by atoms with van der Waals surface area (Å²) in [5.41, 5.74) is 6.43. The number of methoxy groups -OCH3 is 1. The number of anilines is 1. The number of benzene rings is 1. The van der Waals surface area contributed by atoms with Crippen LogP contribution in [0.15, 0.2) is 30.3 Å². The summed E-state index contributed by atoms with van der Waals surface area (Å²) in [6, 6.07) is 7.92. The third-order valence-electron chi connectivity index (χ3n) is 2.27. The van der Waals surface area contributed by atoms with Gasteiger partial charge in [0.15, 0.2) is 0 Å². The first-order valence-corrected chi connectivity index (χ1v) is 5.67. The van der Waals surface area contributed by atoms with Crippen LogP contribution >= 0.6 is 11.3 Å². The summed E-state index contributed by atoms with van der Waals surface area (Å²) < 4.78 is 18.1. The zero-order chi connectivity index (χ0) is 12.4.